The van der Waals surface area contributed by atoms with Crippen molar-refractivity contribution >= 4 is 34.9 Å². The van der Waals surface area contributed by atoms with E-state index in [2.05, 4.69) is 9.99 Å². The van der Waals surface area contributed by atoms with Crippen LogP contribution in [-0.2, 0) is 0 Å². The second-order valence-electron chi connectivity index (χ2n) is 5.55. The Morgan fingerprint density at radius 2 is 2.00 bits per heavy atom. The Morgan fingerprint density at radius 1 is 1.13 bits per heavy atom. The van der Waals surface area contributed by atoms with Crippen LogP contribution in [0, 0.1) is 0 Å². The van der Waals surface area contributed by atoms with Crippen molar-refractivity contribution in [3.8, 4) is 0 Å². The summed E-state index contributed by atoms with van der Waals surface area (Å²) >= 11 is 12.2. The van der Waals surface area contributed by atoms with Crippen LogP contribution in [0.3, 0.4) is 0 Å². The Morgan fingerprint density at radius 3 is 2.74 bits per heavy atom. The first-order valence-corrected chi connectivity index (χ1v) is 8.14. The number of anilines is 1. The van der Waals surface area contributed by atoms with Crippen molar-refractivity contribution in [2.24, 2.45) is 0 Å². The quantitative estimate of drug-likeness (QED) is 0.824. The summed E-state index contributed by atoms with van der Waals surface area (Å²) in [5.74, 6) is 0. The first-order valence-electron chi connectivity index (χ1n) is 7.39. The average molecular weight is 349 g/mol. The fourth-order valence-electron chi connectivity index (χ4n) is 3.19. The van der Waals surface area contributed by atoms with Crippen LogP contribution >= 0.6 is 23.2 Å². The summed E-state index contributed by atoms with van der Waals surface area (Å²) in [7, 11) is 0. The van der Waals surface area contributed by atoms with E-state index in [9.17, 15) is 4.79 Å². The van der Waals surface area contributed by atoms with Gasteiger partial charge in [-0.2, -0.15) is 5.01 Å². The number of rotatable bonds is 2. The van der Waals surface area contributed by atoms with Gasteiger partial charge in [-0.15, -0.1) is 0 Å². The van der Waals surface area contributed by atoms with E-state index in [4.69, 9.17) is 23.2 Å². The van der Waals surface area contributed by atoms with Gasteiger partial charge in [0.2, 0.25) is 0 Å². The molecule has 23 heavy (non-hydrogen) atoms. The molecule has 0 aliphatic carbocycles. The number of carbonyl (C=O) groups is 1. The minimum Gasteiger partial charge on any atom is -0.271 e. The number of nitrogens with zero attached hydrogens (tertiary/aromatic N) is 4. The summed E-state index contributed by atoms with van der Waals surface area (Å²) in [4.78, 5) is 18.8. The first-order chi connectivity index (χ1) is 11.2. The van der Waals surface area contributed by atoms with Crippen LogP contribution in [-0.4, -0.2) is 34.1 Å². The summed E-state index contributed by atoms with van der Waals surface area (Å²) in [6.45, 7) is 1.57. The summed E-state index contributed by atoms with van der Waals surface area (Å²) < 4.78 is 0. The molecule has 3 heterocycles. The first kappa shape index (κ1) is 14.8. The topological polar surface area (TPSA) is 39.7 Å². The van der Waals surface area contributed by atoms with Gasteiger partial charge in [0.1, 0.15) is 6.17 Å². The predicted octanol–water partition coefficient (Wildman–Crippen LogP) is 3.95. The second kappa shape index (κ2) is 5.67. The molecule has 0 N–H and O–H groups in total. The molecule has 5 nitrogen and oxygen atoms in total. The number of benzene rings is 1. The van der Waals surface area contributed by atoms with E-state index in [0.29, 0.717) is 10.0 Å². The number of aromatic nitrogens is 1. The Hall–Kier alpha value is -1.82. The SMILES string of the molecule is O=C1N(c2ccc(Cl)c(Cl)c2)C(c2cccnc2)N2CCCN12. The zero-order chi connectivity index (χ0) is 16.0. The molecule has 0 bridgehead atoms. The molecule has 2 fully saturated rings. The van der Waals surface area contributed by atoms with Gasteiger partial charge < -0.3 is 0 Å². The number of hydrazine groups is 1. The third-order valence-corrected chi connectivity index (χ3v) is 4.92. The summed E-state index contributed by atoms with van der Waals surface area (Å²) in [6, 6.07) is 9.08. The van der Waals surface area contributed by atoms with Gasteiger partial charge >= 0.3 is 6.03 Å². The normalized spacial score (nSPS) is 21.1. The molecule has 118 valence electrons. The molecule has 1 aromatic carbocycles. The highest BCUT2D eigenvalue weighted by Gasteiger charge is 2.47. The number of urea groups is 1. The highest BCUT2D eigenvalue weighted by Crippen LogP contribution is 2.41. The number of fused-ring (bicyclic) bond motifs is 1. The third-order valence-electron chi connectivity index (χ3n) is 4.18. The van der Waals surface area contributed by atoms with Crippen molar-refractivity contribution in [2.75, 3.05) is 18.0 Å². The molecule has 0 saturated carbocycles. The zero-order valence-corrected chi connectivity index (χ0v) is 13.7. The van der Waals surface area contributed by atoms with Gasteiger partial charge in [-0.25, -0.2) is 4.79 Å². The van der Waals surface area contributed by atoms with E-state index in [-0.39, 0.29) is 12.2 Å². The number of carbonyl (C=O) groups excluding carboxylic acids is 1. The van der Waals surface area contributed by atoms with Gasteiger partial charge in [0.25, 0.3) is 0 Å². The van der Waals surface area contributed by atoms with E-state index < -0.39 is 0 Å². The lowest BCUT2D eigenvalue weighted by molar-refractivity contribution is 0.0726. The van der Waals surface area contributed by atoms with Gasteiger partial charge in [-0.05, 0) is 30.7 Å². The van der Waals surface area contributed by atoms with Gasteiger partial charge in [0.05, 0.1) is 10.0 Å². The van der Waals surface area contributed by atoms with Crippen LogP contribution in [0.2, 0.25) is 10.0 Å². The van der Waals surface area contributed by atoms with Crippen molar-refractivity contribution in [1.29, 1.82) is 0 Å². The van der Waals surface area contributed by atoms with E-state index in [0.717, 1.165) is 30.8 Å². The van der Waals surface area contributed by atoms with Crippen LogP contribution in [0.15, 0.2) is 42.7 Å². The third kappa shape index (κ3) is 2.36. The lowest BCUT2D eigenvalue weighted by Gasteiger charge is -2.27. The highest BCUT2D eigenvalue weighted by atomic mass is 35.5. The molecule has 0 spiro atoms. The van der Waals surface area contributed by atoms with Crippen LogP contribution in [0.5, 0.6) is 0 Å². The van der Waals surface area contributed by atoms with Gasteiger partial charge in [-0.3, -0.25) is 14.9 Å². The minimum absolute atomic E-state index is 0.0465. The molecule has 1 atom stereocenters. The highest BCUT2D eigenvalue weighted by molar-refractivity contribution is 6.42. The van der Waals surface area contributed by atoms with E-state index >= 15 is 0 Å². The van der Waals surface area contributed by atoms with Gasteiger partial charge in [-0.1, -0.05) is 29.3 Å². The fraction of sp³-hybridized carbons (Fsp3) is 0.250. The molecule has 2 aliphatic rings. The Kier molecular flexibility index (Phi) is 3.64. The largest absolute Gasteiger partial charge is 0.340 e. The monoisotopic (exact) mass is 348 g/mol. The van der Waals surface area contributed by atoms with Crippen molar-refractivity contribution in [1.82, 2.24) is 15.0 Å². The van der Waals surface area contributed by atoms with Crippen LogP contribution < -0.4 is 4.90 Å². The number of hydrogen-bond acceptors (Lipinski definition) is 3. The molecule has 2 saturated heterocycles. The van der Waals surface area contributed by atoms with Crippen LogP contribution in [0.4, 0.5) is 10.5 Å². The molecule has 4 rings (SSSR count). The molecule has 1 aromatic heterocycles. The Balaban J connectivity index is 1.82. The fourth-order valence-corrected chi connectivity index (χ4v) is 3.48. The van der Waals surface area contributed by atoms with Gasteiger partial charge in [0, 0.05) is 36.7 Å². The van der Waals surface area contributed by atoms with E-state index in [1.807, 2.05) is 18.2 Å². The summed E-state index contributed by atoms with van der Waals surface area (Å²) in [6.07, 6.45) is 4.28. The molecular weight excluding hydrogens is 335 g/mol. The molecule has 2 aliphatic heterocycles. The smallest absolute Gasteiger partial charge is 0.271 e. The van der Waals surface area contributed by atoms with Crippen molar-refractivity contribution in [2.45, 2.75) is 12.6 Å². The lowest BCUT2D eigenvalue weighted by Crippen LogP contribution is -2.32. The summed E-state index contributed by atoms with van der Waals surface area (Å²) in [5, 5.41) is 4.78. The predicted molar refractivity (Wildman–Crippen MR) is 89.3 cm³/mol. The number of halogens is 2. The van der Waals surface area contributed by atoms with Crippen molar-refractivity contribution in [3.63, 3.8) is 0 Å². The molecular formula is C16H14Cl2N4O. The van der Waals surface area contributed by atoms with Crippen LogP contribution in [0.25, 0.3) is 0 Å². The van der Waals surface area contributed by atoms with Crippen LogP contribution in [0.1, 0.15) is 18.2 Å². The minimum atomic E-state index is -0.212. The number of pyridine rings is 1. The molecule has 1 unspecified atom stereocenters. The maximum Gasteiger partial charge on any atom is 0.340 e. The lowest BCUT2D eigenvalue weighted by atomic mass is 10.1. The zero-order valence-electron chi connectivity index (χ0n) is 12.2. The van der Waals surface area contributed by atoms with Crippen molar-refractivity contribution < 1.29 is 4.79 Å². The Labute approximate surface area is 144 Å². The number of hydrogen-bond donors (Lipinski definition) is 0. The molecule has 7 heteroatoms. The van der Waals surface area contributed by atoms with E-state index in [1.54, 1.807) is 34.4 Å². The van der Waals surface area contributed by atoms with Gasteiger partial charge in [0.15, 0.2) is 0 Å². The molecule has 0 radical (unpaired) electrons. The maximum absolute atomic E-state index is 12.9. The average Bonchev–Trinajstić information content (AvgIpc) is 3.13. The number of amides is 2. The standard InChI is InChI=1S/C16H14Cl2N4O/c17-13-5-4-12(9-14(13)18)22-15(11-3-1-6-19-10-11)20-7-2-8-21(20)16(22)23/h1,3-6,9-10,15H,2,7-8H2. The Bertz CT molecular complexity index is 755. The molecule has 2 amide bonds. The van der Waals surface area contributed by atoms with E-state index in [1.165, 1.54) is 0 Å². The second-order valence-corrected chi connectivity index (χ2v) is 6.37. The summed E-state index contributed by atoms with van der Waals surface area (Å²) in [5.41, 5.74) is 1.70. The molecule has 2 aromatic rings. The maximum atomic E-state index is 12.9. The van der Waals surface area contributed by atoms with Crippen molar-refractivity contribution in [3.05, 3.63) is 58.3 Å².